The van der Waals surface area contributed by atoms with Crippen LogP contribution in [0.3, 0.4) is 0 Å². The van der Waals surface area contributed by atoms with E-state index in [1.54, 1.807) is 30.3 Å². The lowest BCUT2D eigenvalue weighted by Crippen LogP contribution is -2.21. The van der Waals surface area contributed by atoms with Crippen LogP contribution < -0.4 is 4.90 Å². The summed E-state index contributed by atoms with van der Waals surface area (Å²) >= 11 is 0. The van der Waals surface area contributed by atoms with Gasteiger partial charge >= 0.3 is 0 Å². The summed E-state index contributed by atoms with van der Waals surface area (Å²) in [5, 5.41) is 9.86. The number of carbonyl (C=O) groups is 2. The Balaban J connectivity index is 1.55. The number of rotatable bonds is 9. The van der Waals surface area contributed by atoms with Crippen LogP contribution in [0, 0.1) is 11.3 Å². The molecule has 0 radical (unpaired) electrons. The van der Waals surface area contributed by atoms with Crippen LogP contribution in [0.15, 0.2) is 78.0 Å². The van der Waals surface area contributed by atoms with Gasteiger partial charge in [-0.1, -0.05) is 87.9 Å². The van der Waals surface area contributed by atoms with Crippen LogP contribution in [0.5, 0.6) is 0 Å². The number of ketones is 2. The molecule has 0 bridgehead atoms. The van der Waals surface area contributed by atoms with E-state index in [2.05, 4.69) is 24.0 Å². The Labute approximate surface area is 201 Å². The van der Waals surface area contributed by atoms with Crippen molar-refractivity contribution in [2.24, 2.45) is 0 Å². The molecule has 4 nitrogen and oxygen atoms in total. The lowest BCUT2D eigenvalue weighted by atomic mass is 9.95. The fourth-order valence-electron chi connectivity index (χ4n) is 4.68. The van der Waals surface area contributed by atoms with Gasteiger partial charge in [0.2, 0.25) is 0 Å². The highest BCUT2D eigenvalue weighted by molar-refractivity contribution is 6.40. The minimum Gasteiger partial charge on any atom is -0.347 e. The minimum atomic E-state index is -0.373. The van der Waals surface area contributed by atoms with Crippen molar-refractivity contribution >= 4 is 22.8 Å². The zero-order valence-corrected chi connectivity index (χ0v) is 19.7. The standard InChI is InChI=1S/C30H30N2O2/c1-2-3-4-5-6-7-12-18-32-19-17-22(24-13-10-11-16-27(24)32)20-23(21-31)28-29(33)25-14-8-9-15-26(25)30(28)34/h8-11,13-17,19-20H,2-7,12,18H2,1H3. The molecule has 0 N–H and O–H groups in total. The van der Waals surface area contributed by atoms with Gasteiger partial charge in [0.15, 0.2) is 11.6 Å². The van der Waals surface area contributed by atoms with Crippen molar-refractivity contribution < 1.29 is 9.59 Å². The van der Waals surface area contributed by atoms with Crippen LogP contribution in [0.25, 0.3) is 5.57 Å². The number of carbonyl (C=O) groups excluding carboxylic acids is 2. The number of hydrogen-bond donors (Lipinski definition) is 0. The predicted molar refractivity (Wildman–Crippen MR) is 137 cm³/mol. The number of hydrogen-bond acceptors (Lipinski definition) is 4. The monoisotopic (exact) mass is 450 g/mol. The first-order valence-corrected chi connectivity index (χ1v) is 12.2. The Morgan fingerprint density at radius 2 is 1.44 bits per heavy atom. The Kier molecular flexibility index (Phi) is 7.54. The topological polar surface area (TPSA) is 61.2 Å². The largest absolute Gasteiger partial charge is 0.347 e. The Hall–Kier alpha value is -3.71. The summed E-state index contributed by atoms with van der Waals surface area (Å²) < 4.78 is 0. The van der Waals surface area contributed by atoms with Crippen LogP contribution in [0.4, 0.5) is 5.69 Å². The van der Waals surface area contributed by atoms with Gasteiger partial charge < -0.3 is 4.90 Å². The molecule has 1 heterocycles. The molecule has 0 unspecified atom stereocenters. The average molecular weight is 451 g/mol. The van der Waals surface area contributed by atoms with Crippen molar-refractivity contribution in [2.45, 2.75) is 51.9 Å². The molecule has 1 aliphatic carbocycles. The van der Waals surface area contributed by atoms with Gasteiger partial charge in [-0.05, 0) is 30.2 Å². The second-order valence-electron chi connectivity index (χ2n) is 8.85. The first-order chi connectivity index (χ1) is 16.7. The highest BCUT2D eigenvalue weighted by atomic mass is 16.2. The van der Waals surface area contributed by atoms with Gasteiger partial charge in [0, 0.05) is 35.1 Å². The van der Waals surface area contributed by atoms with E-state index in [0.29, 0.717) is 11.1 Å². The molecule has 4 heteroatoms. The zero-order chi connectivity index (χ0) is 23.9. The molecule has 0 saturated heterocycles. The zero-order valence-electron chi connectivity index (χ0n) is 19.7. The van der Waals surface area contributed by atoms with Crippen LogP contribution in [0.2, 0.25) is 0 Å². The normalized spacial score (nSPS) is 15.5. The number of unbranched alkanes of at least 4 members (excludes halogenated alkanes) is 6. The van der Waals surface area contributed by atoms with Gasteiger partial charge in [-0.25, -0.2) is 0 Å². The first-order valence-electron chi connectivity index (χ1n) is 12.2. The van der Waals surface area contributed by atoms with Crippen LogP contribution in [0.1, 0.15) is 78.1 Å². The van der Waals surface area contributed by atoms with E-state index in [9.17, 15) is 14.9 Å². The average Bonchev–Trinajstić information content (AvgIpc) is 3.12. The second kappa shape index (κ2) is 10.9. The van der Waals surface area contributed by atoms with E-state index >= 15 is 0 Å². The Morgan fingerprint density at radius 1 is 0.853 bits per heavy atom. The lowest BCUT2D eigenvalue weighted by Gasteiger charge is -2.27. The third kappa shape index (κ3) is 4.79. The van der Waals surface area contributed by atoms with Crippen molar-refractivity contribution in [1.29, 1.82) is 5.26 Å². The number of benzene rings is 2. The molecule has 0 fully saturated rings. The van der Waals surface area contributed by atoms with Crippen LogP contribution in [-0.4, -0.2) is 18.1 Å². The fourth-order valence-corrected chi connectivity index (χ4v) is 4.68. The van der Waals surface area contributed by atoms with E-state index in [1.165, 1.54) is 38.5 Å². The summed E-state index contributed by atoms with van der Waals surface area (Å²) in [5.41, 5.74) is 3.72. The molecule has 0 spiro atoms. The van der Waals surface area contributed by atoms with Crippen molar-refractivity contribution in [2.75, 3.05) is 11.4 Å². The maximum absolute atomic E-state index is 12.9. The van der Waals surface area contributed by atoms with E-state index in [-0.39, 0.29) is 22.7 Å². The van der Waals surface area contributed by atoms with Crippen molar-refractivity contribution in [1.82, 2.24) is 0 Å². The van der Waals surface area contributed by atoms with Crippen molar-refractivity contribution in [3.8, 4) is 6.07 Å². The lowest BCUT2D eigenvalue weighted by molar-refractivity contribution is 0.0988. The molecule has 4 rings (SSSR count). The number of fused-ring (bicyclic) bond motifs is 2. The fraction of sp³-hybridized carbons (Fsp3) is 0.300. The molecule has 0 aromatic heterocycles. The van der Waals surface area contributed by atoms with E-state index in [1.807, 2.05) is 30.5 Å². The van der Waals surface area contributed by atoms with Crippen molar-refractivity contribution in [3.05, 3.63) is 94.7 Å². The summed E-state index contributed by atoms with van der Waals surface area (Å²) in [6.07, 6.45) is 14.5. The van der Waals surface area contributed by atoms with E-state index in [0.717, 1.165) is 29.8 Å². The third-order valence-corrected chi connectivity index (χ3v) is 6.52. The van der Waals surface area contributed by atoms with Crippen LogP contribution in [-0.2, 0) is 0 Å². The molecule has 0 amide bonds. The number of nitriles is 1. The number of Topliss-reactive ketones (excluding diaryl/α,β-unsaturated/α-hetero) is 2. The molecular weight excluding hydrogens is 420 g/mol. The van der Waals surface area contributed by atoms with Crippen LogP contribution >= 0.6 is 0 Å². The maximum Gasteiger partial charge on any atom is 0.199 e. The van der Waals surface area contributed by atoms with E-state index < -0.39 is 0 Å². The maximum atomic E-state index is 12.9. The number of allylic oxidation sites excluding steroid dienone is 5. The molecule has 2 aromatic rings. The summed E-state index contributed by atoms with van der Waals surface area (Å²) in [5.74, 6) is -0.745. The van der Waals surface area contributed by atoms with Gasteiger partial charge in [-0.2, -0.15) is 5.26 Å². The summed E-state index contributed by atoms with van der Waals surface area (Å²) in [7, 11) is 0. The molecule has 0 atom stereocenters. The Morgan fingerprint density at radius 3 is 2.09 bits per heavy atom. The summed E-state index contributed by atoms with van der Waals surface area (Å²) in [4.78, 5) is 28.0. The number of anilines is 1. The molecule has 2 aromatic carbocycles. The Bertz CT molecular complexity index is 1190. The first kappa shape index (κ1) is 23.4. The summed E-state index contributed by atoms with van der Waals surface area (Å²) in [6.45, 7) is 3.17. The minimum absolute atomic E-state index is 0.0346. The highest BCUT2D eigenvalue weighted by Gasteiger charge is 2.35. The number of nitrogens with zero attached hydrogens (tertiary/aromatic N) is 2. The molecule has 2 aliphatic rings. The SMILES string of the molecule is CCCCCCCCCN1C=CC(=CC(C#N)=C2C(=O)c3ccccc3C2=O)c2ccccc21. The van der Waals surface area contributed by atoms with Gasteiger partial charge in [0.1, 0.15) is 6.07 Å². The number of para-hydroxylation sites is 1. The predicted octanol–water partition coefficient (Wildman–Crippen LogP) is 7.05. The molecule has 172 valence electrons. The molecular formula is C30H30N2O2. The van der Waals surface area contributed by atoms with Gasteiger partial charge in [-0.3, -0.25) is 9.59 Å². The third-order valence-electron chi connectivity index (χ3n) is 6.52. The van der Waals surface area contributed by atoms with Gasteiger partial charge in [0.05, 0.1) is 11.1 Å². The summed E-state index contributed by atoms with van der Waals surface area (Å²) in [6, 6.07) is 16.9. The second-order valence-corrected chi connectivity index (χ2v) is 8.85. The quantitative estimate of drug-likeness (QED) is 0.178. The van der Waals surface area contributed by atoms with Gasteiger partial charge in [0.25, 0.3) is 0 Å². The van der Waals surface area contributed by atoms with Gasteiger partial charge in [-0.15, -0.1) is 0 Å². The highest BCUT2D eigenvalue weighted by Crippen LogP contribution is 2.35. The molecule has 0 saturated carbocycles. The smallest absolute Gasteiger partial charge is 0.199 e. The molecule has 34 heavy (non-hydrogen) atoms. The molecule has 1 aliphatic heterocycles. The van der Waals surface area contributed by atoms with Crippen molar-refractivity contribution in [3.63, 3.8) is 0 Å². The van der Waals surface area contributed by atoms with E-state index in [4.69, 9.17) is 0 Å².